The zero-order valence-electron chi connectivity index (χ0n) is 12.7. The molecule has 1 N–H and O–H groups in total. The maximum Gasteiger partial charge on any atom is 0.336 e. The van der Waals surface area contributed by atoms with Crippen molar-refractivity contribution in [1.29, 1.82) is 0 Å². The molecule has 8 heteroatoms. The van der Waals surface area contributed by atoms with Crippen LogP contribution in [0.2, 0.25) is 4.34 Å². The Labute approximate surface area is 150 Å². The van der Waals surface area contributed by atoms with Gasteiger partial charge in [-0.25, -0.2) is 4.79 Å². The average Bonchev–Trinajstić information content (AvgIpc) is 3.24. The topological polar surface area (TPSA) is 80.9 Å². The maximum absolute atomic E-state index is 12.4. The molecule has 1 aromatic carbocycles. The molecule has 2 aromatic heterocycles. The molecule has 0 saturated carbocycles. The van der Waals surface area contributed by atoms with Gasteiger partial charge >= 0.3 is 5.63 Å². The second kappa shape index (κ2) is 6.34. The number of carbonyl (C=O) groups is 1. The smallest absolute Gasteiger partial charge is 0.336 e. The van der Waals surface area contributed by atoms with Crippen molar-refractivity contribution in [3.8, 4) is 0 Å². The average molecular weight is 375 g/mol. The fourth-order valence-electron chi connectivity index (χ4n) is 2.51. The van der Waals surface area contributed by atoms with Crippen molar-refractivity contribution in [2.75, 3.05) is 5.32 Å². The van der Waals surface area contributed by atoms with E-state index in [1.165, 1.54) is 17.4 Å². The minimum absolute atomic E-state index is 0.293. The van der Waals surface area contributed by atoms with Crippen molar-refractivity contribution in [3.63, 3.8) is 0 Å². The van der Waals surface area contributed by atoms with E-state index in [-0.39, 0.29) is 5.91 Å². The summed E-state index contributed by atoms with van der Waals surface area (Å²) >= 11 is 7.31. The van der Waals surface area contributed by atoms with Crippen LogP contribution in [0.3, 0.4) is 0 Å². The Bertz CT molecular complexity index is 1060. The molecule has 0 saturated heterocycles. The quantitative estimate of drug-likeness (QED) is 0.710. The molecule has 0 bridgehead atoms. The lowest BCUT2D eigenvalue weighted by atomic mass is 10.1. The zero-order chi connectivity index (χ0) is 17.4. The summed E-state index contributed by atoms with van der Waals surface area (Å²) in [6.45, 7) is 0. The molecule has 126 valence electrons. The highest BCUT2D eigenvalue weighted by Gasteiger charge is 2.29. The second-order valence-electron chi connectivity index (χ2n) is 5.44. The first-order chi connectivity index (χ1) is 12.1. The molecule has 1 aliphatic rings. The molecule has 6 nitrogen and oxygen atoms in total. The SMILES string of the molecule is O=C(Nc1ccc2oc(=O)ccc2c1)C1CC(c2ccc(Cl)s2)=NO1. The molecule has 1 aliphatic heterocycles. The molecule has 0 spiro atoms. The van der Waals surface area contributed by atoms with E-state index in [1.54, 1.807) is 30.3 Å². The number of oxime groups is 1. The van der Waals surface area contributed by atoms with Crippen molar-refractivity contribution in [2.45, 2.75) is 12.5 Å². The number of hydrogen-bond acceptors (Lipinski definition) is 6. The van der Waals surface area contributed by atoms with Crippen LogP contribution in [-0.2, 0) is 9.63 Å². The number of rotatable bonds is 3. The number of halogens is 1. The standard InChI is InChI=1S/C17H11ClN2O4S/c18-15-5-4-14(25-15)11-8-13(24-20-11)17(22)19-10-2-3-12-9(7-10)1-6-16(21)23-12/h1-7,13H,8H2,(H,19,22). The van der Waals surface area contributed by atoms with Crippen LogP contribution in [0.5, 0.6) is 0 Å². The highest BCUT2D eigenvalue weighted by molar-refractivity contribution is 7.18. The van der Waals surface area contributed by atoms with Gasteiger partial charge in [0.25, 0.3) is 5.91 Å². The summed E-state index contributed by atoms with van der Waals surface area (Å²) in [4.78, 5) is 29.7. The van der Waals surface area contributed by atoms with Gasteiger partial charge in [0.15, 0.2) is 0 Å². The number of nitrogens with one attached hydrogen (secondary N) is 1. The van der Waals surface area contributed by atoms with E-state index in [0.717, 1.165) is 10.3 Å². The van der Waals surface area contributed by atoms with Gasteiger partial charge in [0.2, 0.25) is 6.10 Å². The molecule has 4 rings (SSSR count). The molecule has 0 aliphatic carbocycles. The first-order valence-corrected chi connectivity index (χ1v) is 8.61. The van der Waals surface area contributed by atoms with Gasteiger partial charge in [-0.1, -0.05) is 16.8 Å². The first-order valence-electron chi connectivity index (χ1n) is 7.42. The summed E-state index contributed by atoms with van der Waals surface area (Å²) in [6, 6.07) is 11.6. The molecule has 1 amide bonds. The minimum atomic E-state index is -0.694. The number of hydrogen-bond donors (Lipinski definition) is 1. The van der Waals surface area contributed by atoms with Crippen LogP contribution < -0.4 is 10.9 Å². The van der Waals surface area contributed by atoms with Crippen LogP contribution in [0.25, 0.3) is 11.0 Å². The van der Waals surface area contributed by atoms with E-state index in [9.17, 15) is 9.59 Å². The number of carbonyl (C=O) groups excluding carboxylic acids is 1. The van der Waals surface area contributed by atoms with Gasteiger partial charge < -0.3 is 14.6 Å². The third kappa shape index (κ3) is 3.29. The normalized spacial score (nSPS) is 16.5. The largest absolute Gasteiger partial charge is 0.423 e. The van der Waals surface area contributed by atoms with E-state index < -0.39 is 11.7 Å². The van der Waals surface area contributed by atoms with Crippen molar-refractivity contribution in [1.82, 2.24) is 0 Å². The highest BCUT2D eigenvalue weighted by Crippen LogP contribution is 2.27. The van der Waals surface area contributed by atoms with Crippen molar-refractivity contribution >= 4 is 51.2 Å². The highest BCUT2D eigenvalue weighted by atomic mass is 35.5. The van der Waals surface area contributed by atoms with Gasteiger partial charge in [-0.2, -0.15) is 0 Å². The fraction of sp³-hybridized carbons (Fsp3) is 0.118. The molecule has 0 radical (unpaired) electrons. The first kappa shape index (κ1) is 15.9. The molecular formula is C17H11ClN2O4S. The Morgan fingerprint density at radius 1 is 1.24 bits per heavy atom. The van der Waals surface area contributed by atoms with Crippen LogP contribution in [0.15, 0.2) is 56.8 Å². The molecule has 1 unspecified atom stereocenters. The second-order valence-corrected chi connectivity index (χ2v) is 7.15. The lowest BCUT2D eigenvalue weighted by Crippen LogP contribution is -2.27. The van der Waals surface area contributed by atoms with Crippen LogP contribution in [0, 0.1) is 0 Å². The third-order valence-electron chi connectivity index (χ3n) is 3.71. The third-order valence-corrected chi connectivity index (χ3v) is 4.99. The van der Waals surface area contributed by atoms with Gasteiger partial charge in [0.05, 0.1) is 9.21 Å². The lowest BCUT2D eigenvalue weighted by molar-refractivity contribution is -0.125. The summed E-state index contributed by atoms with van der Waals surface area (Å²) in [5.74, 6) is -0.293. The number of fused-ring (bicyclic) bond motifs is 1. The van der Waals surface area contributed by atoms with E-state index in [1.807, 2.05) is 6.07 Å². The van der Waals surface area contributed by atoms with Gasteiger partial charge in [-0.15, -0.1) is 11.3 Å². The molecule has 1 atom stereocenters. The van der Waals surface area contributed by atoms with Gasteiger partial charge in [-0.05, 0) is 36.4 Å². The van der Waals surface area contributed by atoms with Crippen LogP contribution in [0.4, 0.5) is 5.69 Å². The van der Waals surface area contributed by atoms with E-state index in [0.29, 0.717) is 27.7 Å². The molecular weight excluding hydrogens is 364 g/mol. The van der Waals surface area contributed by atoms with E-state index in [2.05, 4.69) is 10.5 Å². The summed E-state index contributed by atoms with van der Waals surface area (Å²) < 4.78 is 5.73. The predicted octanol–water partition coefficient (Wildman–Crippen LogP) is 3.64. The van der Waals surface area contributed by atoms with Crippen molar-refractivity contribution in [2.24, 2.45) is 5.16 Å². The van der Waals surface area contributed by atoms with Crippen molar-refractivity contribution in [3.05, 3.63) is 62.1 Å². The lowest BCUT2D eigenvalue weighted by Gasteiger charge is -2.09. The molecule has 3 heterocycles. The summed E-state index contributed by atoms with van der Waals surface area (Å²) in [6.07, 6.45) is -0.314. The van der Waals surface area contributed by atoms with E-state index in [4.69, 9.17) is 20.9 Å². The van der Waals surface area contributed by atoms with Gasteiger partial charge in [0, 0.05) is 23.6 Å². The number of anilines is 1. The monoisotopic (exact) mass is 374 g/mol. The van der Waals surface area contributed by atoms with Gasteiger partial charge in [-0.3, -0.25) is 4.79 Å². The number of benzene rings is 1. The van der Waals surface area contributed by atoms with Crippen LogP contribution in [0.1, 0.15) is 11.3 Å². The summed E-state index contributed by atoms with van der Waals surface area (Å²) in [5.41, 5.74) is 1.34. The predicted molar refractivity (Wildman–Crippen MR) is 96.5 cm³/mol. The molecule has 25 heavy (non-hydrogen) atoms. The van der Waals surface area contributed by atoms with Crippen LogP contribution >= 0.6 is 22.9 Å². The fourth-order valence-corrected chi connectivity index (χ4v) is 3.54. The van der Waals surface area contributed by atoms with Gasteiger partial charge in [0.1, 0.15) is 11.3 Å². The summed E-state index contributed by atoms with van der Waals surface area (Å²) in [7, 11) is 0. The Morgan fingerprint density at radius 2 is 2.12 bits per heavy atom. The number of amides is 1. The minimum Gasteiger partial charge on any atom is -0.423 e. The zero-order valence-corrected chi connectivity index (χ0v) is 14.3. The maximum atomic E-state index is 12.4. The molecule has 3 aromatic rings. The molecule has 0 fully saturated rings. The Kier molecular flexibility index (Phi) is 4.03. The Morgan fingerprint density at radius 3 is 2.92 bits per heavy atom. The number of nitrogens with zero attached hydrogens (tertiary/aromatic N) is 1. The Hall–Kier alpha value is -2.64. The van der Waals surface area contributed by atoms with E-state index >= 15 is 0 Å². The number of thiophene rings is 1. The Balaban J connectivity index is 1.46. The summed E-state index contributed by atoms with van der Waals surface area (Å²) in [5, 5.41) is 7.49. The van der Waals surface area contributed by atoms with Crippen molar-refractivity contribution < 1.29 is 14.0 Å². The van der Waals surface area contributed by atoms with Crippen LogP contribution in [-0.4, -0.2) is 17.7 Å².